The number of aliphatic carboxylic acids is 1. The van der Waals surface area contributed by atoms with Crippen LogP contribution in [0.15, 0.2) is 5.16 Å². The lowest BCUT2D eigenvalue weighted by Crippen LogP contribution is -2.34. The van der Waals surface area contributed by atoms with Crippen molar-refractivity contribution < 1.29 is 9.90 Å². The summed E-state index contributed by atoms with van der Waals surface area (Å²) in [6, 6.07) is 0.828. The van der Waals surface area contributed by atoms with Crippen LogP contribution in [0.3, 0.4) is 0 Å². The summed E-state index contributed by atoms with van der Waals surface area (Å²) in [7, 11) is 0. The third-order valence-corrected chi connectivity index (χ3v) is 5.08. The molecule has 0 radical (unpaired) electrons. The average Bonchev–Trinajstić information content (AvgIpc) is 3.09. The number of carboxylic acid groups (broad SMARTS) is 1. The van der Waals surface area contributed by atoms with Gasteiger partial charge in [-0.3, -0.25) is 9.36 Å². The molecule has 0 aromatic carbocycles. The predicted molar refractivity (Wildman–Crippen MR) is 77.2 cm³/mol. The maximum Gasteiger partial charge on any atom is 0.313 e. The van der Waals surface area contributed by atoms with Crippen LogP contribution in [0.1, 0.15) is 39.2 Å². The van der Waals surface area contributed by atoms with Gasteiger partial charge in [-0.2, -0.15) is 0 Å². The molecule has 2 atom stereocenters. The predicted octanol–water partition coefficient (Wildman–Crippen LogP) is 2.02. The zero-order valence-corrected chi connectivity index (χ0v) is 12.6. The van der Waals surface area contributed by atoms with E-state index in [0.29, 0.717) is 11.2 Å². The van der Waals surface area contributed by atoms with Crippen molar-refractivity contribution in [1.29, 1.82) is 0 Å². The van der Waals surface area contributed by atoms with E-state index in [4.69, 9.17) is 5.11 Å². The van der Waals surface area contributed by atoms with E-state index in [1.54, 1.807) is 0 Å². The largest absolute Gasteiger partial charge is 0.481 e. The van der Waals surface area contributed by atoms with E-state index >= 15 is 0 Å². The molecular formula is C13H20N4O2S. The van der Waals surface area contributed by atoms with Gasteiger partial charge in [0.15, 0.2) is 5.16 Å². The Morgan fingerprint density at radius 2 is 2.25 bits per heavy atom. The quantitative estimate of drug-likeness (QED) is 0.838. The van der Waals surface area contributed by atoms with Crippen molar-refractivity contribution in [1.82, 2.24) is 14.8 Å². The number of carbonyl (C=O) groups is 1. The normalized spacial score (nSPS) is 24.9. The summed E-state index contributed by atoms with van der Waals surface area (Å²) in [6.07, 6.45) is 3.84. The van der Waals surface area contributed by atoms with Crippen LogP contribution >= 0.6 is 11.8 Å². The van der Waals surface area contributed by atoms with E-state index in [0.717, 1.165) is 18.4 Å². The molecule has 1 N–H and O–H groups in total. The topological polar surface area (TPSA) is 71.2 Å². The van der Waals surface area contributed by atoms with Gasteiger partial charge in [-0.15, -0.1) is 10.2 Å². The van der Waals surface area contributed by atoms with Crippen molar-refractivity contribution in [2.24, 2.45) is 5.92 Å². The minimum absolute atomic E-state index is 0.0247. The summed E-state index contributed by atoms with van der Waals surface area (Å²) >= 11 is 1.25. The van der Waals surface area contributed by atoms with Gasteiger partial charge in [-0.1, -0.05) is 11.8 Å². The number of thioether (sulfide) groups is 1. The number of anilines is 1. The Balaban J connectivity index is 1.85. The second-order valence-corrected chi connectivity index (χ2v) is 6.86. The summed E-state index contributed by atoms with van der Waals surface area (Å²) < 4.78 is 2.08. The highest BCUT2D eigenvalue weighted by Crippen LogP contribution is 2.40. The molecule has 110 valence electrons. The molecule has 2 aliphatic rings. The average molecular weight is 296 g/mol. The summed E-state index contributed by atoms with van der Waals surface area (Å²) in [5, 5.41) is 18.1. The van der Waals surface area contributed by atoms with Crippen molar-refractivity contribution in [3.05, 3.63) is 0 Å². The number of piperidine rings is 1. The number of nitrogens with zero attached hydrogens (tertiary/aromatic N) is 4. The number of hydrogen-bond acceptors (Lipinski definition) is 5. The molecule has 1 saturated heterocycles. The van der Waals surface area contributed by atoms with Crippen molar-refractivity contribution in [2.45, 2.75) is 50.4 Å². The minimum atomic E-state index is -0.824. The van der Waals surface area contributed by atoms with Crippen LogP contribution in [0.2, 0.25) is 0 Å². The molecule has 2 unspecified atom stereocenters. The third kappa shape index (κ3) is 2.39. The van der Waals surface area contributed by atoms with Crippen LogP contribution in [0.4, 0.5) is 5.95 Å². The molecule has 1 saturated carbocycles. The maximum absolute atomic E-state index is 10.7. The molecular weight excluding hydrogens is 276 g/mol. The molecule has 3 rings (SSSR count). The highest BCUT2D eigenvalue weighted by atomic mass is 32.2. The summed E-state index contributed by atoms with van der Waals surface area (Å²) in [5.41, 5.74) is 0. The Hall–Kier alpha value is -1.24. The van der Waals surface area contributed by atoms with Gasteiger partial charge < -0.3 is 10.0 Å². The van der Waals surface area contributed by atoms with Gasteiger partial charge in [0.05, 0.1) is 5.75 Å². The molecule has 0 spiro atoms. The molecule has 2 bridgehead atoms. The SMILES string of the molecule is CC(C)n1c(SCC(=O)O)nnc1N1CC2CCC1C2. The minimum Gasteiger partial charge on any atom is -0.481 e. The molecule has 2 fully saturated rings. The van der Waals surface area contributed by atoms with E-state index in [1.807, 2.05) is 0 Å². The van der Waals surface area contributed by atoms with Gasteiger partial charge in [0.2, 0.25) is 5.95 Å². The lowest BCUT2D eigenvalue weighted by molar-refractivity contribution is -0.133. The highest BCUT2D eigenvalue weighted by Gasteiger charge is 2.40. The van der Waals surface area contributed by atoms with Gasteiger partial charge in [0.25, 0.3) is 0 Å². The first-order valence-electron chi connectivity index (χ1n) is 7.12. The Labute approximate surface area is 122 Å². The van der Waals surface area contributed by atoms with Gasteiger partial charge in [0.1, 0.15) is 0 Å². The van der Waals surface area contributed by atoms with Crippen molar-refractivity contribution in [2.75, 3.05) is 17.2 Å². The maximum atomic E-state index is 10.7. The lowest BCUT2D eigenvalue weighted by Gasteiger charge is -2.29. The summed E-state index contributed by atoms with van der Waals surface area (Å²) in [6.45, 7) is 5.25. The standard InChI is InChI=1S/C13H20N4O2S/c1-8(2)17-12(14-15-13(17)20-7-11(18)19)16-6-9-3-4-10(16)5-9/h8-10H,3-7H2,1-2H3,(H,18,19). The fraction of sp³-hybridized carbons (Fsp3) is 0.769. The Morgan fingerprint density at radius 1 is 1.45 bits per heavy atom. The third-order valence-electron chi connectivity index (χ3n) is 4.15. The molecule has 1 aromatic heterocycles. The van der Waals surface area contributed by atoms with Crippen molar-refractivity contribution >= 4 is 23.7 Å². The van der Waals surface area contributed by atoms with Crippen LogP contribution in [-0.2, 0) is 4.79 Å². The monoisotopic (exact) mass is 296 g/mol. The van der Waals surface area contributed by atoms with Gasteiger partial charge in [-0.25, -0.2) is 0 Å². The Bertz CT molecular complexity index is 516. The fourth-order valence-electron chi connectivity index (χ4n) is 3.31. The molecule has 0 amide bonds. The molecule has 1 aliphatic heterocycles. The first-order chi connectivity index (χ1) is 9.56. The van der Waals surface area contributed by atoms with Crippen LogP contribution in [0.5, 0.6) is 0 Å². The Kier molecular flexibility index (Phi) is 3.62. The smallest absolute Gasteiger partial charge is 0.313 e. The highest BCUT2D eigenvalue weighted by molar-refractivity contribution is 7.99. The van der Waals surface area contributed by atoms with Crippen molar-refractivity contribution in [3.63, 3.8) is 0 Å². The van der Waals surface area contributed by atoms with Crippen LogP contribution in [-0.4, -0.2) is 44.2 Å². The Morgan fingerprint density at radius 3 is 2.80 bits per heavy atom. The number of aromatic nitrogens is 3. The zero-order valence-electron chi connectivity index (χ0n) is 11.8. The number of fused-ring (bicyclic) bond motifs is 2. The van der Waals surface area contributed by atoms with E-state index in [2.05, 4.69) is 33.5 Å². The summed E-state index contributed by atoms with van der Waals surface area (Å²) in [4.78, 5) is 13.1. The molecule has 6 nitrogen and oxygen atoms in total. The second kappa shape index (κ2) is 5.27. The molecule has 2 heterocycles. The van der Waals surface area contributed by atoms with Gasteiger partial charge in [0, 0.05) is 18.6 Å². The van der Waals surface area contributed by atoms with Crippen LogP contribution in [0, 0.1) is 5.92 Å². The first kappa shape index (κ1) is 13.7. The number of rotatable bonds is 5. The summed E-state index contributed by atoms with van der Waals surface area (Å²) in [5.74, 6) is 0.916. The first-order valence-corrected chi connectivity index (χ1v) is 8.11. The van der Waals surface area contributed by atoms with Crippen LogP contribution < -0.4 is 4.90 Å². The van der Waals surface area contributed by atoms with Gasteiger partial charge >= 0.3 is 5.97 Å². The second-order valence-electron chi connectivity index (χ2n) is 5.91. The molecule has 20 heavy (non-hydrogen) atoms. The zero-order chi connectivity index (χ0) is 14.3. The lowest BCUT2D eigenvalue weighted by atomic mass is 10.1. The number of hydrogen-bond donors (Lipinski definition) is 1. The van der Waals surface area contributed by atoms with Gasteiger partial charge in [-0.05, 0) is 39.0 Å². The molecule has 7 heteroatoms. The molecule has 1 aromatic rings. The molecule has 1 aliphatic carbocycles. The van der Waals surface area contributed by atoms with E-state index in [-0.39, 0.29) is 11.8 Å². The fourth-order valence-corrected chi connectivity index (χ4v) is 4.09. The van der Waals surface area contributed by atoms with Crippen LogP contribution in [0.25, 0.3) is 0 Å². The van der Waals surface area contributed by atoms with Crippen molar-refractivity contribution in [3.8, 4) is 0 Å². The number of carboxylic acids is 1. The van der Waals surface area contributed by atoms with E-state index < -0.39 is 5.97 Å². The van der Waals surface area contributed by atoms with E-state index in [9.17, 15) is 4.79 Å². The van der Waals surface area contributed by atoms with E-state index in [1.165, 1.54) is 31.0 Å².